The summed E-state index contributed by atoms with van der Waals surface area (Å²) in [5.74, 6) is -0.955. The third-order valence-electron chi connectivity index (χ3n) is 3.97. The number of benzene rings is 3. The number of carbonyl (C=O) groups excluding carboxylic acids is 2. The normalized spacial score (nSPS) is 10.8. The second-order valence-electron chi connectivity index (χ2n) is 6.34. The number of likely N-dealkylation sites (N-methyl/N-ethyl adjacent to an activating group) is 1. The van der Waals surface area contributed by atoms with Crippen molar-refractivity contribution in [2.45, 2.75) is 0 Å². The maximum Gasteiger partial charge on any atom is 0.238 e. The lowest BCUT2D eigenvalue weighted by Crippen LogP contribution is -2.36. The highest BCUT2D eigenvalue weighted by molar-refractivity contribution is 5.96. The second kappa shape index (κ2) is 8.42. The Kier molecular flexibility index (Phi) is 5.78. The van der Waals surface area contributed by atoms with E-state index in [1.54, 1.807) is 18.0 Å². The van der Waals surface area contributed by atoms with E-state index >= 15 is 0 Å². The maximum absolute atomic E-state index is 13.1. The van der Waals surface area contributed by atoms with Gasteiger partial charge in [-0.15, -0.1) is 0 Å². The molecule has 3 aromatic rings. The Bertz CT molecular complexity index is 974. The maximum atomic E-state index is 13.1. The lowest BCUT2D eigenvalue weighted by Gasteiger charge is -2.16. The first-order chi connectivity index (χ1) is 13.0. The zero-order valence-corrected chi connectivity index (χ0v) is 14.9. The summed E-state index contributed by atoms with van der Waals surface area (Å²) in [4.78, 5) is 25.8. The molecule has 2 amide bonds. The van der Waals surface area contributed by atoms with Gasteiger partial charge in [-0.3, -0.25) is 14.5 Å². The minimum Gasteiger partial charge on any atom is -0.325 e. The van der Waals surface area contributed by atoms with Crippen LogP contribution in [0, 0.1) is 5.82 Å². The topological polar surface area (TPSA) is 61.4 Å². The molecule has 3 rings (SSSR count). The van der Waals surface area contributed by atoms with Gasteiger partial charge in [0.2, 0.25) is 11.8 Å². The van der Waals surface area contributed by atoms with Gasteiger partial charge >= 0.3 is 0 Å². The van der Waals surface area contributed by atoms with Gasteiger partial charge in [-0.1, -0.05) is 36.4 Å². The highest BCUT2D eigenvalue weighted by Gasteiger charge is 2.11. The SMILES string of the molecule is CN(CC(=O)Nc1cccc(F)c1)CC(=O)Nc1ccc2ccccc2c1. The minimum absolute atomic E-state index is 0.0155. The Morgan fingerprint density at radius 2 is 1.44 bits per heavy atom. The summed E-state index contributed by atoms with van der Waals surface area (Å²) in [6.07, 6.45) is 0. The molecule has 0 atom stereocenters. The summed E-state index contributed by atoms with van der Waals surface area (Å²) in [5, 5.41) is 7.58. The van der Waals surface area contributed by atoms with Gasteiger partial charge in [0.25, 0.3) is 0 Å². The summed E-state index contributed by atoms with van der Waals surface area (Å²) in [5.41, 5.74) is 1.09. The number of hydrogen-bond acceptors (Lipinski definition) is 3. The predicted molar refractivity (Wildman–Crippen MR) is 105 cm³/mol. The summed E-state index contributed by atoms with van der Waals surface area (Å²) in [6.45, 7) is 0.0745. The molecule has 0 aliphatic rings. The molecular weight excluding hydrogens is 345 g/mol. The number of carbonyl (C=O) groups is 2. The zero-order chi connectivity index (χ0) is 19.2. The van der Waals surface area contributed by atoms with Gasteiger partial charge in [0.1, 0.15) is 5.82 Å². The number of nitrogens with one attached hydrogen (secondary N) is 2. The predicted octanol–water partition coefficient (Wildman–Crippen LogP) is 3.49. The van der Waals surface area contributed by atoms with Gasteiger partial charge < -0.3 is 10.6 Å². The fraction of sp³-hybridized carbons (Fsp3) is 0.143. The van der Waals surface area contributed by atoms with Crippen LogP contribution in [0.4, 0.5) is 15.8 Å². The Morgan fingerprint density at radius 3 is 2.11 bits per heavy atom. The molecule has 2 N–H and O–H groups in total. The highest BCUT2D eigenvalue weighted by atomic mass is 19.1. The molecular formula is C21H20FN3O2. The second-order valence-corrected chi connectivity index (χ2v) is 6.34. The smallest absolute Gasteiger partial charge is 0.238 e. The number of anilines is 2. The van der Waals surface area contributed by atoms with Crippen LogP contribution >= 0.6 is 0 Å². The molecule has 3 aromatic carbocycles. The Labute approximate surface area is 156 Å². The monoisotopic (exact) mass is 365 g/mol. The Balaban J connectivity index is 1.51. The van der Waals surface area contributed by atoms with E-state index in [0.717, 1.165) is 10.8 Å². The average molecular weight is 365 g/mol. The van der Waals surface area contributed by atoms with E-state index in [0.29, 0.717) is 11.4 Å². The molecule has 0 saturated heterocycles. The van der Waals surface area contributed by atoms with Crippen LogP contribution in [0.2, 0.25) is 0 Å². The molecule has 0 radical (unpaired) electrons. The van der Waals surface area contributed by atoms with Crippen LogP contribution in [0.25, 0.3) is 10.8 Å². The first kappa shape index (κ1) is 18.5. The van der Waals surface area contributed by atoms with Crippen LogP contribution < -0.4 is 10.6 Å². The third-order valence-corrected chi connectivity index (χ3v) is 3.97. The summed E-state index contributed by atoms with van der Waals surface area (Å²) < 4.78 is 13.1. The van der Waals surface area contributed by atoms with Crippen LogP contribution in [-0.4, -0.2) is 36.9 Å². The summed E-state index contributed by atoms with van der Waals surface area (Å²) in [6, 6.07) is 19.3. The molecule has 0 heterocycles. The van der Waals surface area contributed by atoms with Crippen LogP contribution in [-0.2, 0) is 9.59 Å². The molecule has 0 aliphatic carbocycles. The number of fused-ring (bicyclic) bond motifs is 1. The van der Waals surface area contributed by atoms with E-state index < -0.39 is 5.82 Å². The quantitative estimate of drug-likeness (QED) is 0.703. The Morgan fingerprint density at radius 1 is 0.815 bits per heavy atom. The molecule has 0 aliphatic heterocycles. The lowest BCUT2D eigenvalue weighted by molar-refractivity contribution is -0.119. The fourth-order valence-corrected chi connectivity index (χ4v) is 2.78. The van der Waals surface area contributed by atoms with Gasteiger partial charge in [-0.05, 0) is 48.2 Å². The largest absolute Gasteiger partial charge is 0.325 e. The van der Waals surface area contributed by atoms with Gasteiger partial charge in [0, 0.05) is 11.4 Å². The zero-order valence-electron chi connectivity index (χ0n) is 14.9. The van der Waals surface area contributed by atoms with Crippen molar-refractivity contribution in [2.75, 3.05) is 30.8 Å². The molecule has 6 heteroatoms. The van der Waals surface area contributed by atoms with E-state index in [-0.39, 0.29) is 24.9 Å². The molecule has 0 unspecified atom stereocenters. The van der Waals surface area contributed by atoms with Gasteiger partial charge in [-0.25, -0.2) is 4.39 Å². The number of amides is 2. The standard InChI is InChI=1S/C21H20FN3O2/c1-25(13-20(26)23-18-8-4-7-17(22)12-18)14-21(27)24-19-10-9-15-5-2-3-6-16(15)11-19/h2-12H,13-14H2,1H3,(H,23,26)(H,24,27). The molecule has 138 valence electrons. The molecule has 0 saturated carbocycles. The van der Waals surface area contributed by atoms with Crippen molar-refractivity contribution in [1.29, 1.82) is 0 Å². The lowest BCUT2D eigenvalue weighted by atomic mass is 10.1. The summed E-state index contributed by atoms with van der Waals surface area (Å²) >= 11 is 0. The minimum atomic E-state index is -0.420. The van der Waals surface area contributed by atoms with Crippen LogP contribution in [0.15, 0.2) is 66.7 Å². The van der Waals surface area contributed by atoms with Crippen LogP contribution in [0.5, 0.6) is 0 Å². The molecule has 5 nitrogen and oxygen atoms in total. The first-order valence-electron chi connectivity index (χ1n) is 8.52. The first-order valence-corrected chi connectivity index (χ1v) is 8.52. The van der Waals surface area contributed by atoms with Crippen molar-refractivity contribution < 1.29 is 14.0 Å². The number of hydrogen-bond donors (Lipinski definition) is 2. The van der Waals surface area contributed by atoms with Gasteiger partial charge in [0.05, 0.1) is 13.1 Å². The van der Waals surface area contributed by atoms with Crippen LogP contribution in [0.1, 0.15) is 0 Å². The molecule has 0 fully saturated rings. The third kappa shape index (κ3) is 5.36. The van der Waals surface area contributed by atoms with E-state index in [9.17, 15) is 14.0 Å². The van der Waals surface area contributed by atoms with Gasteiger partial charge in [-0.2, -0.15) is 0 Å². The fourth-order valence-electron chi connectivity index (χ4n) is 2.78. The van der Waals surface area contributed by atoms with Crippen molar-refractivity contribution in [1.82, 2.24) is 4.90 Å². The van der Waals surface area contributed by atoms with Crippen LogP contribution in [0.3, 0.4) is 0 Å². The van der Waals surface area contributed by atoms with E-state index in [1.807, 2.05) is 42.5 Å². The molecule has 0 spiro atoms. The highest BCUT2D eigenvalue weighted by Crippen LogP contribution is 2.18. The van der Waals surface area contributed by atoms with Crippen molar-refractivity contribution in [2.24, 2.45) is 0 Å². The molecule has 27 heavy (non-hydrogen) atoms. The summed E-state index contributed by atoms with van der Waals surface area (Å²) in [7, 11) is 1.67. The number of halogens is 1. The molecule has 0 aromatic heterocycles. The van der Waals surface area contributed by atoms with Crippen molar-refractivity contribution in [3.05, 3.63) is 72.5 Å². The number of rotatable bonds is 6. The van der Waals surface area contributed by atoms with Crippen molar-refractivity contribution in [3.63, 3.8) is 0 Å². The average Bonchev–Trinajstić information content (AvgIpc) is 2.61. The van der Waals surface area contributed by atoms with Crippen molar-refractivity contribution >= 4 is 34.0 Å². The van der Waals surface area contributed by atoms with Gasteiger partial charge in [0.15, 0.2) is 0 Å². The number of nitrogens with zero attached hydrogens (tertiary/aromatic N) is 1. The van der Waals surface area contributed by atoms with Crippen molar-refractivity contribution in [3.8, 4) is 0 Å². The van der Waals surface area contributed by atoms with E-state index in [4.69, 9.17) is 0 Å². The van der Waals surface area contributed by atoms with E-state index in [2.05, 4.69) is 10.6 Å². The van der Waals surface area contributed by atoms with E-state index in [1.165, 1.54) is 18.2 Å². The molecule has 0 bridgehead atoms. The Hall–Kier alpha value is -3.25.